The van der Waals surface area contributed by atoms with Gasteiger partial charge in [0.05, 0.1) is 0 Å². The molecule has 0 radical (unpaired) electrons. The molecule has 0 fully saturated rings. The van der Waals surface area contributed by atoms with E-state index in [1.807, 2.05) is 13.8 Å². The van der Waals surface area contributed by atoms with Crippen molar-refractivity contribution in [3.05, 3.63) is 51.2 Å². The molecule has 0 aliphatic rings. The van der Waals surface area contributed by atoms with Crippen molar-refractivity contribution >= 4 is 11.3 Å². The number of rotatable bonds is 5. The molecule has 0 aliphatic heterocycles. The summed E-state index contributed by atoms with van der Waals surface area (Å²) in [4.78, 5) is 1.38. The standard InChI is InChI=1S/C16H21NOS/c1-4-14(15-6-5-7-19-15)17-10-13-8-11(2)16(18)12(3)9-13/h5-9,14,17-18H,4,10H2,1-3H3. The number of hydrogen-bond donors (Lipinski definition) is 2. The van der Waals surface area contributed by atoms with Gasteiger partial charge in [-0.05, 0) is 48.4 Å². The molecule has 0 spiro atoms. The van der Waals surface area contributed by atoms with Crippen molar-refractivity contribution in [3.8, 4) is 5.75 Å². The molecule has 2 nitrogen and oxygen atoms in total. The quantitative estimate of drug-likeness (QED) is 0.852. The largest absolute Gasteiger partial charge is 0.507 e. The first-order chi connectivity index (χ1) is 9.11. The summed E-state index contributed by atoms with van der Waals surface area (Å²) in [6, 6.07) is 8.79. The fraction of sp³-hybridized carbons (Fsp3) is 0.375. The van der Waals surface area contributed by atoms with Gasteiger partial charge in [0, 0.05) is 17.5 Å². The van der Waals surface area contributed by atoms with E-state index in [9.17, 15) is 5.11 Å². The summed E-state index contributed by atoms with van der Waals surface area (Å²) in [7, 11) is 0. The zero-order chi connectivity index (χ0) is 13.8. The molecule has 0 saturated carbocycles. The molecule has 1 aromatic carbocycles. The highest BCUT2D eigenvalue weighted by molar-refractivity contribution is 7.10. The van der Waals surface area contributed by atoms with Gasteiger partial charge < -0.3 is 10.4 Å². The van der Waals surface area contributed by atoms with Crippen molar-refractivity contribution in [2.45, 2.75) is 39.8 Å². The molecule has 1 heterocycles. The number of aromatic hydroxyl groups is 1. The van der Waals surface area contributed by atoms with Crippen LogP contribution in [0.15, 0.2) is 29.6 Å². The molecular formula is C16H21NOS. The number of hydrogen-bond acceptors (Lipinski definition) is 3. The number of nitrogens with one attached hydrogen (secondary N) is 1. The summed E-state index contributed by atoms with van der Waals surface area (Å²) < 4.78 is 0. The Morgan fingerprint density at radius 1 is 1.26 bits per heavy atom. The molecular weight excluding hydrogens is 254 g/mol. The Balaban J connectivity index is 2.06. The number of phenolic OH excluding ortho intramolecular Hbond substituents is 1. The fourth-order valence-electron chi connectivity index (χ4n) is 2.32. The summed E-state index contributed by atoms with van der Waals surface area (Å²) in [6.07, 6.45) is 1.08. The molecule has 3 heteroatoms. The van der Waals surface area contributed by atoms with Crippen LogP contribution in [-0.4, -0.2) is 5.11 Å². The predicted molar refractivity (Wildman–Crippen MR) is 81.8 cm³/mol. The van der Waals surface area contributed by atoms with Crippen LogP contribution in [0.5, 0.6) is 5.75 Å². The number of benzene rings is 1. The fourth-order valence-corrected chi connectivity index (χ4v) is 3.21. The monoisotopic (exact) mass is 275 g/mol. The van der Waals surface area contributed by atoms with Crippen molar-refractivity contribution in [2.75, 3.05) is 0 Å². The Labute approximate surface area is 119 Å². The third kappa shape index (κ3) is 3.37. The van der Waals surface area contributed by atoms with Gasteiger partial charge in [-0.2, -0.15) is 0 Å². The van der Waals surface area contributed by atoms with E-state index >= 15 is 0 Å². The predicted octanol–water partition coefficient (Wildman–Crippen LogP) is 4.31. The number of aryl methyl sites for hydroxylation is 2. The minimum Gasteiger partial charge on any atom is -0.507 e. The van der Waals surface area contributed by atoms with Gasteiger partial charge in [0.25, 0.3) is 0 Å². The van der Waals surface area contributed by atoms with Crippen LogP contribution in [0.25, 0.3) is 0 Å². The van der Waals surface area contributed by atoms with Crippen LogP contribution >= 0.6 is 11.3 Å². The number of phenols is 1. The lowest BCUT2D eigenvalue weighted by atomic mass is 10.1. The van der Waals surface area contributed by atoms with E-state index < -0.39 is 0 Å². The molecule has 1 aromatic heterocycles. The Kier molecular flexibility index (Phi) is 4.61. The highest BCUT2D eigenvalue weighted by Crippen LogP contribution is 2.25. The van der Waals surface area contributed by atoms with Crippen LogP contribution < -0.4 is 5.32 Å². The third-order valence-electron chi connectivity index (χ3n) is 3.40. The van der Waals surface area contributed by atoms with Gasteiger partial charge in [0.2, 0.25) is 0 Å². The van der Waals surface area contributed by atoms with Gasteiger partial charge in [-0.1, -0.05) is 25.1 Å². The van der Waals surface area contributed by atoms with Gasteiger partial charge in [0.1, 0.15) is 5.75 Å². The van der Waals surface area contributed by atoms with Gasteiger partial charge in [-0.15, -0.1) is 11.3 Å². The molecule has 0 aliphatic carbocycles. The van der Waals surface area contributed by atoms with Crippen molar-refractivity contribution in [3.63, 3.8) is 0 Å². The summed E-state index contributed by atoms with van der Waals surface area (Å²) in [5.74, 6) is 0.411. The van der Waals surface area contributed by atoms with Crippen LogP contribution in [-0.2, 0) is 6.54 Å². The van der Waals surface area contributed by atoms with Crippen molar-refractivity contribution in [2.24, 2.45) is 0 Å². The zero-order valence-electron chi connectivity index (χ0n) is 11.7. The average molecular weight is 275 g/mol. The zero-order valence-corrected chi connectivity index (χ0v) is 12.6. The summed E-state index contributed by atoms with van der Waals surface area (Å²) >= 11 is 1.80. The van der Waals surface area contributed by atoms with Gasteiger partial charge in [-0.3, -0.25) is 0 Å². The molecule has 102 valence electrons. The molecule has 2 N–H and O–H groups in total. The van der Waals surface area contributed by atoms with E-state index in [4.69, 9.17) is 0 Å². The molecule has 0 saturated heterocycles. The average Bonchev–Trinajstić information content (AvgIpc) is 2.90. The molecule has 2 rings (SSSR count). The van der Waals surface area contributed by atoms with E-state index in [0.717, 1.165) is 24.1 Å². The van der Waals surface area contributed by atoms with E-state index in [1.54, 1.807) is 11.3 Å². The van der Waals surface area contributed by atoms with Crippen molar-refractivity contribution in [1.82, 2.24) is 5.32 Å². The maximum Gasteiger partial charge on any atom is 0.121 e. The lowest BCUT2D eigenvalue weighted by molar-refractivity contribution is 0.466. The van der Waals surface area contributed by atoms with Crippen LogP contribution in [0, 0.1) is 13.8 Å². The van der Waals surface area contributed by atoms with Gasteiger partial charge in [0.15, 0.2) is 0 Å². The lowest BCUT2D eigenvalue weighted by Crippen LogP contribution is -2.19. The Morgan fingerprint density at radius 2 is 1.95 bits per heavy atom. The summed E-state index contributed by atoms with van der Waals surface area (Å²) in [5.41, 5.74) is 3.12. The topological polar surface area (TPSA) is 32.3 Å². The van der Waals surface area contributed by atoms with Crippen molar-refractivity contribution in [1.29, 1.82) is 0 Å². The number of thiophene rings is 1. The molecule has 1 atom stereocenters. The second-order valence-corrected chi connectivity index (χ2v) is 5.91. The minimum absolute atomic E-state index is 0.411. The highest BCUT2D eigenvalue weighted by Gasteiger charge is 2.10. The smallest absolute Gasteiger partial charge is 0.121 e. The first-order valence-corrected chi connectivity index (χ1v) is 7.55. The maximum atomic E-state index is 9.79. The second kappa shape index (κ2) is 6.22. The maximum absolute atomic E-state index is 9.79. The first kappa shape index (κ1) is 14.1. The third-order valence-corrected chi connectivity index (χ3v) is 4.38. The van der Waals surface area contributed by atoms with Gasteiger partial charge >= 0.3 is 0 Å². The SMILES string of the molecule is CCC(NCc1cc(C)c(O)c(C)c1)c1cccs1. The summed E-state index contributed by atoms with van der Waals surface area (Å²) in [6.45, 7) is 6.92. The lowest BCUT2D eigenvalue weighted by Gasteiger charge is -2.16. The van der Waals surface area contributed by atoms with Gasteiger partial charge in [-0.25, -0.2) is 0 Å². The Bertz CT molecular complexity index is 511. The van der Waals surface area contributed by atoms with Crippen LogP contribution in [0.3, 0.4) is 0 Å². The molecule has 0 amide bonds. The Morgan fingerprint density at radius 3 is 2.47 bits per heavy atom. The molecule has 19 heavy (non-hydrogen) atoms. The summed E-state index contributed by atoms with van der Waals surface area (Å²) in [5, 5.41) is 15.5. The van der Waals surface area contributed by atoms with Crippen LogP contribution in [0.4, 0.5) is 0 Å². The van der Waals surface area contributed by atoms with Crippen LogP contribution in [0.1, 0.15) is 41.0 Å². The normalized spacial score (nSPS) is 12.6. The Hall–Kier alpha value is -1.32. The minimum atomic E-state index is 0.411. The highest BCUT2D eigenvalue weighted by atomic mass is 32.1. The van der Waals surface area contributed by atoms with E-state index in [1.165, 1.54) is 10.4 Å². The molecule has 1 unspecified atom stereocenters. The van der Waals surface area contributed by atoms with Crippen molar-refractivity contribution < 1.29 is 5.11 Å². The second-order valence-electron chi connectivity index (χ2n) is 4.94. The van der Waals surface area contributed by atoms with E-state index in [0.29, 0.717) is 11.8 Å². The molecule has 2 aromatic rings. The van der Waals surface area contributed by atoms with E-state index in [2.05, 4.69) is 41.9 Å². The molecule has 0 bridgehead atoms. The van der Waals surface area contributed by atoms with Crippen LogP contribution in [0.2, 0.25) is 0 Å². The van der Waals surface area contributed by atoms with E-state index in [-0.39, 0.29) is 0 Å². The first-order valence-electron chi connectivity index (χ1n) is 6.67.